The van der Waals surface area contributed by atoms with Crippen molar-refractivity contribution in [1.29, 1.82) is 0 Å². The van der Waals surface area contributed by atoms with Gasteiger partial charge in [0.15, 0.2) is 11.6 Å². The van der Waals surface area contributed by atoms with E-state index in [1.54, 1.807) is 42.5 Å². The fourth-order valence-electron chi connectivity index (χ4n) is 9.05. The Hall–Kier alpha value is -4.90. The van der Waals surface area contributed by atoms with E-state index in [9.17, 15) is 29.5 Å². The molecular weight excluding hydrogens is 697 g/mol. The number of carbonyl (C=O) groups excluding carboxylic acids is 4. The molecule has 50 heavy (non-hydrogen) atoms. The van der Waals surface area contributed by atoms with Gasteiger partial charge in [-0.05, 0) is 71.8 Å². The summed E-state index contributed by atoms with van der Waals surface area (Å²) in [4.78, 5) is 59.8. The lowest BCUT2D eigenvalue weighted by molar-refractivity contribution is -0.135. The molecule has 4 aliphatic rings. The number of rotatable bonds is 5. The number of phenols is 1. The van der Waals surface area contributed by atoms with Gasteiger partial charge >= 0.3 is 7.12 Å². The fourth-order valence-corrected chi connectivity index (χ4v) is 9.43. The number of Topliss-reactive ketones (excluding diaryl/α,β-unsaturated/α-hetero) is 1. The second kappa shape index (κ2) is 12.2. The standard InChI is InChI=1S/C40H31BBrNO7/c42-25-14-17-33(44)31(19-25)36-27-15-16-28-35(39(48)43(38(28)47)26-13-7-12-24(18-26)41(49)50)30(27)20-32-37(46)29(22-8-3-1-4-9-22)21-34(45)40(32,36)23-10-5-2-6-11-23/h1-15,17-19,21,28,30,32,35-36,44,49-50H,16,20H2. The van der Waals surface area contributed by atoms with Crippen molar-refractivity contribution in [2.24, 2.45) is 23.7 Å². The highest BCUT2D eigenvalue weighted by Gasteiger charge is 2.66. The number of fused-ring (bicyclic) bond motifs is 4. The van der Waals surface area contributed by atoms with Crippen LogP contribution in [0.1, 0.15) is 35.4 Å². The lowest BCUT2D eigenvalue weighted by Gasteiger charge is -2.55. The van der Waals surface area contributed by atoms with Crippen molar-refractivity contribution in [3.63, 3.8) is 0 Å². The maximum Gasteiger partial charge on any atom is 0.488 e. The van der Waals surface area contributed by atoms with Gasteiger partial charge in [0.25, 0.3) is 0 Å². The van der Waals surface area contributed by atoms with Crippen LogP contribution in [0.15, 0.2) is 125 Å². The maximum atomic E-state index is 15.1. The third-order valence-corrected chi connectivity index (χ3v) is 11.6. The SMILES string of the molecule is O=C1C(c2ccccc2)=CC(=O)C2(c3ccccc3)C1CC1C(=CCC3C(=O)N(c4cccc(B(O)O)c4)C(=O)C31)C2c1cc(Br)ccc1O. The van der Waals surface area contributed by atoms with Gasteiger partial charge in [-0.3, -0.25) is 24.1 Å². The summed E-state index contributed by atoms with van der Waals surface area (Å²) in [6.45, 7) is 0. The number of imide groups is 1. The summed E-state index contributed by atoms with van der Waals surface area (Å²) in [6.07, 6.45) is 3.73. The first kappa shape index (κ1) is 32.3. The van der Waals surface area contributed by atoms with Crippen molar-refractivity contribution in [2.75, 3.05) is 4.90 Å². The highest BCUT2D eigenvalue weighted by atomic mass is 79.9. The predicted octanol–water partition coefficient (Wildman–Crippen LogP) is 4.86. The molecule has 8 rings (SSSR count). The van der Waals surface area contributed by atoms with Gasteiger partial charge in [0.1, 0.15) is 5.75 Å². The molecular formula is C40H31BBrNO7. The molecule has 6 atom stereocenters. The van der Waals surface area contributed by atoms with Crippen molar-refractivity contribution >= 4 is 63.2 Å². The number of allylic oxidation sites excluding steroid dienone is 4. The Labute approximate surface area is 297 Å². The second-order valence-electron chi connectivity index (χ2n) is 13.5. The molecule has 0 aromatic heterocycles. The molecule has 1 aliphatic heterocycles. The van der Waals surface area contributed by atoms with Crippen LogP contribution in [-0.2, 0) is 24.6 Å². The number of halogens is 1. The number of hydrogen-bond donors (Lipinski definition) is 3. The molecule has 10 heteroatoms. The molecule has 8 nitrogen and oxygen atoms in total. The van der Waals surface area contributed by atoms with Gasteiger partial charge in [-0.25, -0.2) is 0 Å². The molecule has 2 fully saturated rings. The van der Waals surface area contributed by atoms with E-state index in [-0.39, 0.29) is 41.3 Å². The zero-order chi connectivity index (χ0) is 34.9. The van der Waals surface area contributed by atoms with Crippen molar-refractivity contribution < 1.29 is 34.3 Å². The van der Waals surface area contributed by atoms with Crippen molar-refractivity contribution in [3.8, 4) is 5.75 Å². The summed E-state index contributed by atoms with van der Waals surface area (Å²) >= 11 is 3.56. The molecule has 1 saturated heterocycles. The number of ketones is 2. The van der Waals surface area contributed by atoms with E-state index in [0.717, 1.165) is 10.5 Å². The highest BCUT2D eigenvalue weighted by Crippen LogP contribution is 2.64. The predicted molar refractivity (Wildman–Crippen MR) is 191 cm³/mol. The molecule has 1 heterocycles. The molecule has 0 bridgehead atoms. The first-order valence-electron chi connectivity index (χ1n) is 16.6. The summed E-state index contributed by atoms with van der Waals surface area (Å²) in [6, 6.07) is 29.3. The molecule has 3 N–H and O–H groups in total. The van der Waals surface area contributed by atoms with Crippen molar-refractivity contribution in [3.05, 3.63) is 142 Å². The highest BCUT2D eigenvalue weighted by molar-refractivity contribution is 9.10. The third-order valence-electron chi connectivity index (χ3n) is 11.1. The van der Waals surface area contributed by atoms with Crippen LogP contribution < -0.4 is 10.4 Å². The number of carbonyl (C=O) groups is 4. The number of amides is 2. The van der Waals surface area contributed by atoms with Crippen LogP contribution in [0.2, 0.25) is 0 Å². The summed E-state index contributed by atoms with van der Waals surface area (Å²) in [5.41, 5.74) is 1.63. The Morgan fingerprint density at radius 2 is 1.52 bits per heavy atom. The van der Waals surface area contributed by atoms with Crippen molar-refractivity contribution in [2.45, 2.75) is 24.2 Å². The first-order chi connectivity index (χ1) is 24.1. The number of aromatic hydroxyl groups is 1. The van der Waals surface area contributed by atoms with Gasteiger partial charge in [0, 0.05) is 27.4 Å². The number of anilines is 1. The number of nitrogens with zero attached hydrogens (tertiary/aromatic N) is 1. The Kier molecular flexibility index (Phi) is 7.86. The third kappa shape index (κ3) is 4.73. The van der Waals surface area contributed by atoms with Gasteiger partial charge in [0.2, 0.25) is 11.8 Å². The quantitative estimate of drug-likeness (QED) is 0.152. The molecule has 6 unspecified atom stereocenters. The molecule has 1 saturated carbocycles. The minimum absolute atomic E-state index is 0.0520. The average Bonchev–Trinajstić information content (AvgIpc) is 3.39. The van der Waals surface area contributed by atoms with Gasteiger partial charge < -0.3 is 15.2 Å². The van der Waals surface area contributed by atoms with Crippen LogP contribution in [0.3, 0.4) is 0 Å². The van der Waals surface area contributed by atoms with E-state index < -0.39 is 53.9 Å². The van der Waals surface area contributed by atoms with Crippen molar-refractivity contribution in [1.82, 2.24) is 0 Å². The minimum Gasteiger partial charge on any atom is -0.508 e. The number of phenolic OH excluding ortho intramolecular Hbond substituents is 1. The lowest BCUT2D eigenvalue weighted by atomic mass is 9.44. The largest absolute Gasteiger partial charge is 0.508 e. The van der Waals surface area contributed by atoms with Crippen LogP contribution in [0.25, 0.3) is 5.57 Å². The molecule has 2 amide bonds. The van der Waals surface area contributed by atoms with Crippen LogP contribution in [0.5, 0.6) is 5.75 Å². The number of benzene rings is 4. The molecule has 0 spiro atoms. The van der Waals surface area contributed by atoms with E-state index in [2.05, 4.69) is 15.9 Å². The Bertz CT molecular complexity index is 2150. The van der Waals surface area contributed by atoms with Gasteiger partial charge in [-0.15, -0.1) is 0 Å². The average molecular weight is 728 g/mol. The van der Waals surface area contributed by atoms with Crippen LogP contribution in [0, 0.1) is 23.7 Å². The van der Waals surface area contributed by atoms with Gasteiger partial charge in [0.05, 0.1) is 22.9 Å². The summed E-state index contributed by atoms with van der Waals surface area (Å²) in [7, 11) is -1.79. The second-order valence-corrected chi connectivity index (χ2v) is 14.4. The van der Waals surface area contributed by atoms with Gasteiger partial charge in [-0.2, -0.15) is 0 Å². The van der Waals surface area contributed by atoms with E-state index >= 15 is 4.79 Å². The lowest BCUT2D eigenvalue weighted by Crippen LogP contribution is -2.58. The zero-order valence-corrected chi connectivity index (χ0v) is 28.2. The first-order valence-corrected chi connectivity index (χ1v) is 17.4. The number of hydrogen-bond acceptors (Lipinski definition) is 7. The maximum absolute atomic E-state index is 15.1. The molecule has 248 valence electrons. The molecule has 3 aliphatic carbocycles. The van der Waals surface area contributed by atoms with E-state index in [4.69, 9.17) is 0 Å². The Morgan fingerprint density at radius 1 is 0.800 bits per heavy atom. The molecule has 4 aromatic rings. The summed E-state index contributed by atoms with van der Waals surface area (Å²) in [5, 5.41) is 31.1. The van der Waals surface area contributed by atoms with E-state index in [1.165, 1.54) is 18.2 Å². The smallest absolute Gasteiger partial charge is 0.488 e. The summed E-state index contributed by atoms with van der Waals surface area (Å²) < 4.78 is 0.667. The Morgan fingerprint density at radius 3 is 2.24 bits per heavy atom. The van der Waals surface area contributed by atoms with E-state index in [0.29, 0.717) is 26.7 Å². The fraction of sp³-hybridized carbons (Fsp3) is 0.200. The van der Waals surface area contributed by atoms with Crippen LogP contribution in [-0.4, -0.2) is 45.7 Å². The van der Waals surface area contributed by atoms with E-state index in [1.807, 2.05) is 54.6 Å². The van der Waals surface area contributed by atoms with Crippen LogP contribution in [0.4, 0.5) is 5.69 Å². The topological polar surface area (TPSA) is 132 Å². The normalized spacial score (nSPS) is 27.3. The van der Waals surface area contributed by atoms with Gasteiger partial charge in [-0.1, -0.05) is 100 Å². The zero-order valence-electron chi connectivity index (χ0n) is 26.6. The summed E-state index contributed by atoms with van der Waals surface area (Å²) in [5.74, 6) is -5.37. The minimum atomic E-state index is -1.79. The Balaban J connectivity index is 1.35. The molecule has 4 aromatic carbocycles. The molecule has 0 radical (unpaired) electrons. The van der Waals surface area contributed by atoms with Crippen LogP contribution >= 0.6 is 15.9 Å². The monoisotopic (exact) mass is 727 g/mol.